The summed E-state index contributed by atoms with van der Waals surface area (Å²) in [5.41, 5.74) is 0. The molecule has 2 atom stereocenters. The molecule has 0 aromatic rings. The molecule has 0 bridgehead atoms. The van der Waals surface area contributed by atoms with Gasteiger partial charge in [0, 0.05) is 19.1 Å². The Morgan fingerprint density at radius 3 is 3.00 bits per heavy atom. The second kappa shape index (κ2) is 5.52. The van der Waals surface area contributed by atoms with Crippen LogP contribution in [0.3, 0.4) is 0 Å². The predicted molar refractivity (Wildman–Crippen MR) is 48.5 cm³/mol. The van der Waals surface area contributed by atoms with Crippen LogP contribution in [0.1, 0.15) is 13.3 Å². The van der Waals surface area contributed by atoms with Crippen molar-refractivity contribution in [1.29, 1.82) is 0 Å². The molecule has 0 aromatic carbocycles. The predicted octanol–water partition coefficient (Wildman–Crippen LogP) is 0.428. The Labute approximate surface area is 78.5 Å². The minimum absolute atomic E-state index is 0.0544. The van der Waals surface area contributed by atoms with Gasteiger partial charge in [0.2, 0.25) is 0 Å². The van der Waals surface area contributed by atoms with E-state index in [0.717, 1.165) is 13.1 Å². The van der Waals surface area contributed by atoms with Crippen LogP contribution in [-0.2, 0) is 4.74 Å². The molecule has 1 fully saturated rings. The molecule has 1 heterocycles. The van der Waals surface area contributed by atoms with Crippen molar-refractivity contribution in [3.05, 3.63) is 0 Å². The Balaban J connectivity index is 2.31. The van der Waals surface area contributed by atoms with Crippen LogP contribution in [0.25, 0.3) is 0 Å². The van der Waals surface area contributed by atoms with Crippen molar-refractivity contribution in [2.24, 2.45) is 0 Å². The van der Waals surface area contributed by atoms with E-state index in [1.807, 2.05) is 0 Å². The Morgan fingerprint density at radius 1 is 1.62 bits per heavy atom. The van der Waals surface area contributed by atoms with Gasteiger partial charge >= 0.3 is 0 Å². The Kier molecular flexibility index (Phi) is 4.62. The first-order chi connectivity index (χ1) is 6.27. The number of halogens is 1. The quantitative estimate of drug-likeness (QED) is 0.699. The van der Waals surface area contributed by atoms with E-state index in [0.29, 0.717) is 19.1 Å². The number of morpholine rings is 1. The normalized spacial score (nSPS) is 30.7. The number of aliphatic hydroxyl groups excluding tert-OH is 1. The Bertz CT molecular complexity index is 146. The number of nitrogens with zero attached hydrogens (tertiary/aromatic N) is 1. The molecule has 1 N–H and O–H groups in total. The van der Waals surface area contributed by atoms with E-state index in [9.17, 15) is 4.39 Å². The van der Waals surface area contributed by atoms with Crippen LogP contribution in [-0.4, -0.2) is 55.1 Å². The third-order valence-electron chi connectivity index (χ3n) is 2.42. The summed E-state index contributed by atoms with van der Waals surface area (Å²) in [5.74, 6) is 0. The van der Waals surface area contributed by atoms with E-state index >= 15 is 0 Å². The summed E-state index contributed by atoms with van der Waals surface area (Å²) >= 11 is 0. The zero-order chi connectivity index (χ0) is 9.68. The highest BCUT2D eigenvalue weighted by molar-refractivity contribution is 4.76. The van der Waals surface area contributed by atoms with E-state index in [1.54, 1.807) is 0 Å². The zero-order valence-electron chi connectivity index (χ0n) is 8.08. The van der Waals surface area contributed by atoms with E-state index in [4.69, 9.17) is 9.84 Å². The lowest BCUT2D eigenvalue weighted by atomic mass is 10.2. The van der Waals surface area contributed by atoms with Crippen LogP contribution in [0.4, 0.5) is 4.39 Å². The second-order valence-electron chi connectivity index (χ2n) is 3.52. The smallest absolute Gasteiger partial charge is 0.0933 e. The van der Waals surface area contributed by atoms with E-state index in [2.05, 4.69) is 11.8 Å². The summed E-state index contributed by atoms with van der Waals surface area (Å²) in [5, 5.41) is 8.89. The highest BCUT2D eigenvalue weighted by Crippen LogP contribution is 2.11. The van der Waals surface area contributed by atoms with Gasteiger partial charge in [0.1, 0.15) is 0 Å². The summed E-state index contributed by atoms with van der Waals surface area (Å²) < 4.78 is 17.3. The summed E-state index contributed by atoms with van der Waals surface area (Å²) in [6.45, 7) is 3.96. The third-order valence-corrected chi connectivity index (χ3v) is 2.42. The molecule has 1 saturated heterocycles. The Hall–Kier alpha value is -0.190. The van der Waals surface area contributed by atoms with Gasteiger partial charge in [-0.2, -0.15) is 0 Å². The molecular formula is C9H18FNO2. The third kappa shape index (κ3) is 3.21. The maximum atomic E-state index is 11.9. The molecule has 1 aliphatic heterocycles. The van der Waals surface area contributed by atoms with Crippen LogP contribution < -0.4 is 0 Å². The first-order valence-corrected chi connectivity index (χ1v) is 4.80. The zero-order valence-corrected chi connectivity index (χ0v) is 8.08. The van der Waals surface area contributed by atoms with Crippen molar-refractivity contribution < 1.29 is 14.2 Å². The van der Waals surface area contributed by atoms with Gasteiger partial charge < -0.3 is 9.84 Å². The SMILES string of the molecule is CC1COC(CO)CN1CCCF. The van der Waals surface area contributed by atoms with Crippen molar-refractivity contribution >= 4 is 0 Å². The van der Waals surface area contributed by atoms with E-state index in [1.165, 1.54) is 0 Å². The fraction of sp³-hybridized carbons (Fsp3) is 1.00. The lowest BCUT2D eigenvalue weighted by Crippen LogP contribution is -2.49. The average molecular weight is 191 g/mol. The monoisotopic (exact) mass is 191 g/mol. The number of alkyl halides is 1. The van der Waals surface area contributed by atoms with Gasteiger partial charge in [0.25, 0.3) is 0 Å². The number of rotatable bonds is 4. The molecule has 0 aromatic heterocycles. The molecule has 0 aliphatic carbocycles. The molecule has 0 radical (unpaired) electrons. The van der Waals surface area contributed by atoms with Crippen molar-refractivity contribution in [2.75, 3.05) is 33.0 Å². The van der Waals surface area contributed by atoms with Crippen LogP contribution >= 0.6 is 0 Å². The molecule has 4 heteroatoms. The molecule has 13 heavy (non-hydrogen) atoms. The van der Waals surface area contributed by atoms with Gasteiger partial charge in [-0.1, -0.05) is 0 Å². The highest BCUT2D eigenvalue weighted by Gasteiger charge is 2.24. The first kappa shape index (κ1) is 10.9. The van der Waals surface area contributed by atoms with Gasteiger partial charge in [0.05, 0.1) is 26.0 Å². The molecule has 78 valence electrons. The van der Waals surface area contributed by atoms with Gasteiger partial charge in [-0.05, 0) is 13.3 Å². The average Bonchev–Trinajstić information content (AvgIpc) is 2.17. The largest absolute Gasteiger partial charge is 0.394 e. The lowest BCUT2D eigenvalue weighted by molar-refractivity contribution is -0.0781. The van der Waals surface area contributed by atoms with Gasteiger partial charge in [0.15, 0.2) is 0 Å². The number of hydrogen-bond acceptors (Lipinski definition) is 3. The topological polar surface area (TPSA) is 32.7 Å². The minimum Gasteiger partial charge on any atom is -0.394 e. The standard InChI is InChI=1S/C9H18FNO2/c1-8-7-13-9(6-12)5-11(8)4-2-3-10/h8-9,12H,2-7H2,1H3. The highest BCUT2D eigenvalue weighted by atomic mass is 19.1. The van der Waals surface area contributed by atoms with Crippen LogP contribution in [0.5, 0.6) is 0 Å². The van der Waals surface area contributed by atoms with Crippen LogP contribution in [0.2, 0.25) is 0 Å². The first-order valence-electron chi connectivity index (χ1n) is 4.80. The molecule has 0 amide bonds. The van der Waals surface area contributed by atoms with Gasteiger partial charge in [-0.15, -0.1) is 0 Å². The molecule has 1 aliphatic rings. The Morgan fingerprint density at radius 2 is 2.38 bits per heavy atom. The summed E-state index contributed by atoms with van der Waals surface area (Å²) in [4.78, 5) is 2.17. The fourth-order valence-electron chi connectivity index (χ4n) is 1.56. The lowest BCUT2D eigenvalue weighted by Gasteiger charge is -2.37. The van der Waals surface area contributed by atoms with Crippen molar-refractivity contribution in [3.63, 3.8) is 0 Å². The van der Waals surface area contributed by atoms with Gasteiger partial charge in [-0.25, -0.2) is 0 Å². The fourth-order valence-corrected chi connectivity index (χ4v) is 1.56. The van der Waals surface area contributed by atoms with Crippen LogP contribution in [0, 0.1) is 0 Å². The summed E-state index contributed by atoms with van der Waals surface area (Å²) in [6.07, 6.45) is 0.485. The summed E-state index contributed by atoms with van der Waals surface area (Å²) in [7, 11) is 0. The maximum absolute atomic E-state index is 11.9. The molecule has 0 saturated carbocycles. The van der Waals surface area contributed by atoms with Crippen LogP contribution in [0.15, 0.2) is 0 Å². The summed E-state index contributed by atoms with van der Waals surface area (Å²) in [6, 6.07) is 0.342. The van der Waals surface area contributed by atoms with Crippen molar-refractivity contribution in [2.45, 2.75) is 25.5 Å². The number of aliphatic hydroxyl groups is 1. The molecule has 2 unspecified atom stereocenters. The minimum atomic E-state index is -0.270. The maximum Gasteiger partial charge on any atom is 0.0933 e. The number of ether oxygens (including phenoxy) is 1. The molecular weight excluding hydrogens is 173 g/mol. The number of hydrogen-bond donors (Lipinski definition) is 1. The van der Waals surface area contributed by atoms with Crippen molar-refractivity contribution in [3.8, 4) is 0 Å². The molecule has 1 rings (SSSR count). The molecule has 3 nitrogen and oxygen atoms in total. The molecule has 0 spiro atoms. The second-order valence-corrected chi connectivity index (χ2v) is 3.52. The van der Waals surface area contributed by atoms with Gasteiger partial charge in [-0.3, -0.25) is 9.29 Å². The van der Waals surface area contributed by atoms with Crippen molar-refractivity contribution in [1.82, 2.24) is 4.90 Å². The van der Waals surface area contributed by atoms with E-state index in [-0.39, 0.29) is 19.4 Å². The van der Waals surface area contributed by atoms with E-state index < -0.39 is 0 Å².